The van der Waals surface area contributed by atoms with Gasteiger partial charge in [0.25, 0.3) is 0 Å². The average molecular weight is 853 g/mol. The summed E-state index contributed by atoms with van der Waals surface area (Å²) in [6.07, 6.45) is 34.9. The maximum Gasteiger partial charge on any atom is 0.407 e. The van der Waals surface area contributed by atoms with Crippen molar-refractivity contribution >= 4 is 17.9 Å². The predicted molar refractivity (Wildman–Crippen MR) is 254 cm³/mol. The molecule has 3 amide bonds. The zero-order valence-electron chi connectivity index (χ0n) is 40.6. The van der Waals surface area contributed by atoms with Crippen LogP contribution >= 0.6 is 0 Å². The van der Waals surface area contributed by atoms with E-state index in [0.717, 1.165) is 99.7 Å². The number of fused-ring (bicyclic) bond motifs is 5. The van der Waals surface area contributed by atoms with Crippen molar-refractivity contribution < 1.29 is 19.1 Å². The highest BCUT2D eigenvalue weighted by atomic mass is 16.6. The summed E-state index contributed by atoms with van der Waals surface area (Å²) in [4.78, 5) is 40.6. The van der Waals surface area contributed by atoms with E-state index < -0.39 is 0 Å². The van der Waals surface area contributed by atoms with E-state index in [1.165, 1.54) is 109 Å². The van der Waals surface area contributed by atoms with Crippen LogP contribution in [0.1, 0.15) is 221 Å². The third-order valence-electron chi connectivity index (χ3n) is 16.5. The highest BCUT2D eigenvalue weighted by Gasteiger charge is 2.59. The third-order valence-corrected chi connectivity index (χ3v) is 16.5. The van der Waals surface area contributed by atoms with Crippen LogP contribution in [0, 0.1) is 46.3 Å². The van der Waals surface area contributed by atoms with E-state index in [9.17, 15) is 14.4 Å². The molecule has 3 fully saturated rings. The number of carbonyl (C=O) groups excluding carboxylic acids is 3. The van der Waals surface area contributed by atoms with Crippen LogP contribution in [0.5, 0.6) is 0 Å². The SMILES string of the molecule is CCCCCCCCCCCCCC(=O)N(CCCCCCNC(=O)O[C@H]1CC[C@@]2(C)C(=CC[C@H]3[C@@H]4CC[C@H]([C@H](C)CCCC(C)C)[C@@]4(C)CC[C@@H]32)C1)CC(=O)NCCCN. The number of amides is 3. The van der Waals surface area contributed by atoms with Gasteiger partial charge in [-0.3, -0.25) is 9.59 Å². The Morgan fingerprint density at radius 1 is 0.770 bits per heavy atom. The van der Waals surface area contributed by atoms with Crippen LogP contribution in [0.4, 0.5) is 4.79 Å². The first-order valence-corrected chi connectivity index (χ1v) is 26.3. The summed E-state index contributed by atoms with van der Waals surface area (Å²) in [6.45, 7) is 17.2. The lowest BCUT2D eigenvalue weighted by Gasteiger charge is -2.58. The highest BCUT2D eigenvalue weighted by Crippen LogP contribution is 2.67. The van der Waals surface area contributed by atoms with Gasteiger partial charge in [-0.1, -0.05) is 150 Å². The number of nitrogens with two attached hydrogens (primary N) is 1. The third kappa shape index (κ3) is 16.1. The molecule has 0 aliphatic heterocycles. The zero-order chi connectivity index (χ0) is 44.1. The molecule has 8 atom stereocenters. The molecule has 0 aromatic carbocycles. The van der Waals surface area contributed by atoms with Crippen molar-refractivity contribution in [3.8, 4) is 0 Å². The summed E-state index contributed by atoms with van der Waals surface area (Å²) in [5.41, 5.74) is 7.93. The molecular weight excluding hydrogens is 757 g/mol. The molecule has 4 aliphatic carbocycles. The van der Waals surface area contributed by atoms with Crippen molar-refractivity contribution in [2.24, 2.45) is 52.1 Å². The Morgan fingerprint density at radius 3 is 2.15 bits per heavy atom. The Bertz CT molecular complexity index is 1320. The topological polar surface area (TPSA) is 114 Å². The minimum absolute atomic E-state index is 0.0339. The number of hydrogen-bond donors (Lipinski definition) is 3. The van der Waals surface area contributed by atoms with E-state index in [1.807, 2.05) is 0 Å². The first-order chi connectivity index (χ1) is 29.4. The number of hydrogen-bond acceptors (Lipinski definition) is 5. The second-order valence-corrected chi connectivity index (χ2v) is 21.5. The van der Waals surface area contributed by atoms with Gasteiger partial charge >= 0.3 is 6.09 Å². The zero-order valence-corrected chi connectivity index (χ0v) is 40.6. The molecule has 0 heterocycles. The van der Waals surface area contributed by atoms with E-state index in [4.69, 9.17) is 10.5 Å². The molecule has 4 N–H and O–H groups in total. The fourth-order valence-corrected chi connectivity index (χ4v) is 12.9. The highest BCUT2D eigenvalue weighted by molar-refractivity contribution is 5.84. The van der Waals surface area contributed by atoms with Gasteiger partial charge in [-0.25, -0.2) is 4.79 Å². The molecule has 352 valence electrons. The van der Waals surface area contributed by atoms with Crippen LogP contribution in [0.15, 0.2) is 11.6 Å². The van der Waals surface area contributed by atoms with Crippen molar-refractivity contribution in [2.75, 3.05) is 32.7 Å². The van der Waals surface area contributed by atoms with Crippen molar-refractivity contribution in [2.45, 2.75) is 227 Å². The Hall–Kier alpha value is -2.09. The van der Waals surface area contributed by atoms with Crippen molar-refractivity contribution in [1.82, 2.24) is 15.5 Å². The molecule has 8 nitrogen and oxygen atoms in total. The molecule has 61 heavy (non-hydrogen) atoms. The Balaban J connectivity index is 1.12. The second kappa shape index (κ2) is 27.3. The molecule has 0 unspecified atom stereocenters. The average Bonchev–Trinajstić information content (AvgIpc) is 3.59. The Morgan fingerprint density at radius 2 is 1.44 bits per heavy atom. The Labute approximate surface area is 375 Å². The summed E-state index contributed by atoms with van der Waals surface area (Å²) in [5.74, 6) is 4.97. The maximum absolute atomic E-state index is 13.2. The van der Waals surface area contributed by atoms with Gasteiger partial charge in [-0.2, -0.15) is 0 Å². The number of rotatable bonds is 30. The standard InChI is InChI=1S/C53H96N4O4/c1-7-8-9-10-11-12-13-14-15-16-19-26-50(59)57(40-49(58)55-37-23-35-54)38-21-18-17-20-36-56-51(60)61-44-31-33-52(5)43(39-44)27-28-45-47-30-29-46(42(4)25-22-24-41(2)3)53(47,6)34-32-48(45)52/h27,41-42,44-48H,7-26,28-40,54H2,1-6H3,(H,55,58)(H,56,60)/t42-,44+,45+,46-,47+,48+,52+,53-/m1/s1. The van der Waals surface area contributed by atoms with Gasteiger partial charge in [0.2, 0.25) is 11.8 Å². The number of carbonyl (C=O) groups is 3. The molecule has 3 saturated carbocycles. The maximum atomic E-state index is 13.2. The van der Waals surface area contributed by atoms with Crippen molar-refractivity contribution in [3.63, 3.8) is 0 Å². The minimum atomic E-state index is -0.282. The number of unbranched alkanes of at least 4 members (excludes halogenated alkanes) is 13. The van der Waals surface area contributed by atoms with Gasteiger partial charge in [0, 0.05) is 32.5 Å². The van der Waals surface area contributed by atoms with Gasteiger partial charge in [0.05, 0.1) is 6.54 Å². The fraction of sp³-hybridized carbons (Fsp3) is 0.906. The number of allylic oxidation sites excluding steroid dienone is 1. The number of ether oxygens (including phenoxy) is 1. The summed E-state index contributed by atoms with van der Waals surface area (Å²) >= 11 is 0. The van der Waals surface area contributed by atoms with E-state index in [0.29, 0.717) is 38.0 Å². The van der Waals surface area contributed by atoms with Crippen LogP contribution in [-0.4, -0.2) is 61.6 Å². The first-order valence-electron chi connectivity index (χ1n) is 26.3. The smallest absolute Gasteiger partial charge is 0.407 e. The van der Waals surface area contributed by atoms with Gasteiger partial charge in [0.15, 0.2) is 0 Å². The van der Waals surface area contributed by atoms with Gasteiger partial charge in [-0.15, -0.1) is 0 Å². The molecule has 0 aromatic rings. The summed E-state index contributed by atoms with van der Waals surface area (Å²) in [5, 5.41) is 5.95. The molecule has 0 bridgehead atoms. The minimum Gasteiger partial charge on any atom is -0.446 e. The largest absolute Gasteiger partial charge is 0.446 e. The summed E-state index contributed by atoms with van der Waals surface area (Å²) < 4.78 is 6.05. The van der Waals surface area contributed by atoms with Crippen molar-refractivity contribution in [1.29, 1.82) is 0 Å². The molecular formula is C53H96N4O4. The van der Waals surface area contributed by atoms with Crippen LogP contribution in [0.25, 0.3) is 0 Å². The van der Waals surface area contributed by atoms with Crippen LogP contribution in [0.2, 0.25) is 0 Å². The predicted octanol–water partition coefficient (Wildman–Crippen LogP) is 12.7. The molecule has 4 rings (SSSR count). The molecule has 0 aromatic heterocycles. The number of nitrogens with one attached hydrogen (secondary N) is 2. The molecule has 0 spiro atoms. The van der Waals surface area contributed by atoms with E-state index >= 15 is 0 Å². The molecule has 0 saturated heterocycles. The monoisotopic (exact) mass is 853 g/mol. The fourth-order valence-electron chi connectivity index (χ4n) is 12.9. The van der Waals surface area contributed by atoms with Gasteiger partial charge in [0.1, 0.15) is 6.10 Å². The Kier molecular flexibility index (Phi) is 23.1. The lowest BCUT2D eigenvalue weighted by atomic mass is 9.47. The lowest BCUT2D eigenvalue weighted by molar-refractivity contribution is -0.136. The quantitative estimate of drug-likeness (QED) is 0.0492. The lowest BCUT2D eigenvalue weighted by Crippen LogP contribution is -2.51. The van der Waals surface area contributed by atoms with E-state index in [2.05, 4.69) is 58.3 Å². The van der Waals surface area contributed by atoms with E-state index in [1.54, 1.807) is 10.5 Å². The summed E-state index contributed by atoms with van der Waals surface area (Å²) in [6, 6.07) is 0. The summed E-state index contributed by atoms with van der Waals surface area (Å²) in [7, 11) is 0. The molecule has 0 radical (unpaired) electrons. The van der Waals surface area contributed by atoms with Gasteiger partial charge < -0.3 is 26.0 Å². The number of nitrogens with zero attached hydrogens (tertiary/aromatic N) is 1. The van der Waals surface area contributed by atoms with Crippen LogP contribution in [0.3, 0.4) is 0 Å². The molecule has 4 aliphatic rings. The molecule has 8 heteroatoms. The van der Waals surface area contributed by atoms with Gasteiger partial charge in [-0.05, 0) is 124 Å². The van der Waals surface area contributed by atoms with E-state index in [-0.39, 0.29) is 36.0 Å². The normalized spacial score (nSPS) is 27.4. The first kappa shape index (κ1) is 51.5. The van der Waals surface area contributed by atoms with Crippen molar-refractivity contribution in [3.05, 3.63) is 11.6 Å². The van der Waals surface area contributed by atoms with Crippen LogP contribution in [-0.2, 0) is 14.3 Å². The number of alkyl carbamates (subject to hydrolysis) is 1. The van der Waals surface area contributed by atoms with Crippen LogP contribution < -0.4 is 16.4 Å². The second-order valence-electron chi connectivity index (χ2n) is 21.5.